The van der Waals surface area contributed by atoms with Crippen LogP contribution < -0.4 is 5.32 Å². The van der Waals surface area contributed by atoms with Gasteiger partial charge in [-0.05, 0) is 40.6 Å². The summed E-state index contributed by atoms with van der Waals surface area (Å²) in [6.45, 7) is 2.11. The Balaban J connectivity index is 1.57. The Morgan fingerprint density at radius 3 is 2.64 bits per heavy atom. The minimum absolute atomic E-state index is 0.269. The molecule has 2 atom stereocenters. The van der Waals surface area contributed by atoms with Gasteiger partial charge in [-0.1, -0.05) is 55.5 Å². The van der Waals surface area contributed by atoms with Crippen LogP contribution in [0.4, 0.5) is 0 Å². The van der Waals surface area contributed by atoms with Crippen molar-refractivity contribution < 1.29 is 14.3 Å². The lowest BCUT2D eigenvalue weighted by Gasteiger charge is -2.26. The molecule has 1 aromatic heterocycles. The predicted molar refractivity (Wildman–Crippen MR) is 109 cm³/mol. The average molecular weight is 391 g/mol. The van der Waals surface area contributed by atoms with E-state index in [4.69, 9.17) is 4.74 Å². The Morgan fingerprint density at radius 2 is 1.93 bits per heavy atom. The van der Waals surface area contributed by atoms with Gasteiger partial charge in [-0.3, -0.25) is 4.79 Å². The van der Waals surface area contributed by atoms with Crippen LogP contribution in [0.1, 0.15) is 44.9 Å². The van der Waals surface area contributed by atoms with Crippen molar-refractivity contribution in [2.45, 2.75) is 31.9 Å². The molecular formula is C23H21NO3S. The molecule has 5 heteroatoms. The van der Waals surface area contributed by atoms with Gasteiger partial charge >= 0.3 is 5.97 Å². The summed E-state index contributed by atoms with van der Waals surface area (Å²) >= 11 is 1.59. The fourth-order valence-corrected chi connectivity index (χ4v) is 4.24. The zero-order valence-corrected chi connectivity index (χ0v) is 16.4. The fraction of sp³-hybridized carbons (Fsp3) is 0.217. The Bertz CT molecular complexity index is 979. The van der Waals surface area contributed by atoms with Gasteiger partial charge in [0, 0.05) is 11.3 Å². The van der Waals surface area contributed by atoms with Crippen LogP contribution in [-0.4, -0.2) is 18.0 Å². The second-order valence-corrected chi connectivity index (χ2v) is 7.79. The van der Waals surface area contributed by atoms with Crippen LogP contribution in [0.5, 0.6) is 0 Å². The molecule has 4 rings (SSSR count). The fourth-order valence-electron chi connectivity index (χ4n) is 3.43. The monoisotopic (exact) mass is 391 g/mol. The summed E-state index contributed by atoms with van der Waals surface area (Å²) in [4.78, 5) is 26.3. The number of esters is 1. The van der Waals surface area contributed by atoms with Crippen molar-refractivity contribution in [2.24, 2.45) is 0 Å². The zero-order chi connectivity index (χ0) is 19.5. The Kier molecular flexibility index (Phi) is 5.26. The number of rotatable bonds is 5. The zero-order valence-electron chi connectivity index (χ0n) is 15.6. The van der Waals surface area contributed by atoms with Crippen molar-refractivity contribution in [1.29, 1.82) is 0 Å². The van der Waals surface area contributed by atoms with Crippen LogP contribution in [0, 0.1) is 0 Å². The molecule has 3 aromatic rings. The van der Waals surface area contributed by atoms with Crippen molar-refractivity contribution in [3.63, 3.8) is 0 Å². The number of hydrogen-bond acceptors (Lipinski definition) is 4. The first-order chi connectivity index (χ1) is 13.7. The lowest BCUT2D eigenvalue weighted by Crippen LogP contribution is -2.43. The van der Waals surface area contributed by atoms with Gasteiger partial charge in [0.25, 0.3) is 5.91 Å². The third kappa shape index (κ3) is 3.71. The van der Waals surface area contributed by atoms with Gasteiger partial charge in [-0.25, -0.2) is 4.79 Å². The van der Waals surface area contributed by atoms with E-state index in [0.29, 0.717) is 12.0 Å². The van der Waals surface area contributed by atoms with Crippen molar-refractivity contribution in [3.8, 4) is 0 Å². The second-order valence-electron chi connectivity index (χ2n) is 6.81. The van der Waals surface area contributed by atoms with E-state index in [-0.39, 0.29) is 11.9 Å². The highest BCUT2D eigenvalue weighted by Crippen LogP contribution is 2.28. The molecule has 2 heterocycles. The normalized spacial score (nSPS) is 16.8. The Hall–Kier alpha value is -2.92. The van der Waals surface area contributed by atoms with Gasteiger partial charge in [0.05, 0.1) is 11.6 Å². The minimum atomic E-state index is -0.820. The molecule has 0 aliphatic carbocycles. The number of carbonyl (C=O) groups is 2. The highest BCUT2D eigenvalue weighted by molar-refractivity contribution is 7.10. The van der Waals surface area contributed by atoms with Gasteiger partial charge in [-0.2, -0.15) is 0 Å². The molecule has 2 aromatic carbocycles. The number of thiophene rings is 1. The SMILES string of the molecule is CCc1ccc([C@@H](NC(=O)[C@H]2Cc3ccccc3C(=O)O2)c2cccs2)cc1. The first-order valence-electron chi connectivity index (χ1n) is 9.37. The lowest BCUT2D eigenvalue weighted by molar-refractivity contribution is -0.130. The van der Waals surface area contributed by atoms with Crippen LogP contribution in [0.3, 0.4) is 0 Å². The summed E-state index contributed by atoms with van der Waals surface area (Å²) in [5.74, 6) is -0.720. The molecule has 4 nitrogen and oxygen atoms in total. The molecule has 0 bridgehead atoms. The standard InChI is InChI=1S/C23H21NO3S/c1-2-15-9-11-16(12-10-15)21(20-8-5-13-28-20)24-22(25)19-14-17-6-3-4-7-18(17)23(26)27-19/h3-13,19,21H,2,14H2,1H3,(H,24,25)/t19-,21-/m1/s1. The lowest BCUT2D eigenvalue weighted by atomic mass is 9.97. The number of hydrogen-bond donors (Lipinski definition) is 1. The Labute approximate surface area is 168 Å². The molecule has 28 heavy (non-hydrogen) atoms. The number of cyclic esters (lactones) is 1. The summed E-state index contributed by atoms with van der Waals surface area (Å²) in [6, 6.07) is 19.2. The topological polar surface area (TPSA) is 55.4 Å². The minimum Gasteiger partial charge on any atom is -0.448 e. The van der Waals surface area contributed by atoms with E-state index in [0.717, 1.165) is 22.4 Å². The molecule has 1 N–H and O–H groups in total. The van der Waals surface area contributed by atoms with Gasteiger partial charge in [0.2, 0.25) is 0 Å². The molecule has 1 amide bonds. The third-order valence-electron chi connectivity index (χ3n) is 5.02. The van der Waals surface area contributed by atoms with Crippen LogP contribution >= 0.6 is 11.3 Å². The number of fused-ring (bicyclic) bond motifs is 1. The van der Waals surface area contributed by atoms with Gasteiger partial charge in [0.1, 0.15) is 0 Å². The number of amides is 1. The average Bonchev–Trinajstić information content (AvgIpc) is 3.26. The van der Waals surface area contributed by atoms with Crippen LogP contribution in [0.15, 0.2) is 66.0 Å². The second kappa shape index (κ2) is 7.98. The third-order valence-corrected chi connectivity index (χ3v) is 5.96. The van der Waals surface area contributed by atoms with E-state index < -0.39 is 12.1 Å². The number of carbonyl (C=O) groups excluding carboxylic acids is 2. The molecule has 0 saturated heterocycles. The summed E-state index contributed by atoms with van der Waals surface area (Å²) in [5.41, 5.74) is 3.64. The molecule has 1 aliphatic heterocycles. The number of nitrogens with one attached hydrogen (secondary N) is 1. The first kappa shape index (κ1) is 18.4. The van der Waals surface area contributed by atoms with E-state index in [1.165, 1.54) is 5.56 Å². The number of benzene rings is 2. The highest BCUT2D eigenvalue weighted by atomic mass is 32.1. The van der Waals surface area contributed by atoms with E-state index in [1.807, 2.05) is 41.8 Å². The molecule has 0 fully saturated rings. The van der Waals surface area contributed by atoms with E-state index in [9.17, 15) is 9.59 Å². The summed E-state index contributed by atoms with van der Waals surface area (Å²) < 4.78 is 5.42. The van der Waals surface area contributed by atoms with E-state index >= 15 is 0 Å². The quantitative estimate of drug-likeness (QED) is 0.660. The van der Waals surface area contributed by atoms with Crippen LogP contribution in [0.2, 0.25) is 0 Å². The van der Waals surface area contributed by atoms with Crippen LogP contribution in [-0.2, 0) is 22.4 Å². The largest absolute Gasteiger partial charge is 0.448 e. The molecule has 0 spiro atoms. The van der Waals surface area contributed by atoms with E-state index in [2.05, 4.69) is 24.4 Å². The number of ether oxygens (including phenoxy) is 1. The Morgan fingerprint density at radius 1 is 1.14 bits per heavy atom. The maximum atomic E-state index is 13.0. The maximum Gasteiger partial charge on any atom is 0.339 e. The predicted octanol–water partition coefficient (Wildman–Crippen LogP) is 4.30. The smallest absolute Gasteiger partial charge is 0.339 e. The molecule has 142 valence electrons. The van der Waals surface area contributed by atoms with Gasteiger partial charge in [-0.15, -0.1) is 11.3 Å². The molecule has 0 saturated carbocycles. The van der Waals surface area contributed by atoms with Gasteiger partial charge in [0.15, 0.2) is 6.10 Å². The van der Waals surface area contributed by atoms with Crippen molar-refractivity contribution in [3.05, 3.63) is 93.2 Å². The molecule has 0 unspecified atom stereocenters. The van der Waals surface area contributed by atoms with Gasteiger partial charge < -0.3 is 10.1 Å². The number of aryl methyl sites for hydroxylation is 1. The highest BCUT2D eigenvalue weighted by Gasteiger charge is 2.32. The summed E-state index contributed by atoms with van der Waals surface area (Å²) in [5, 5.41) is 5.08. The van der Waals surface area contributed by atoms with Crippen molar-refractivity contribution in [2.75, 3.05) is 0 Å². The van der Waals surface area contributed by atoms with Crippen molar-refractivity contribution >= 4 is 23.2 Å². The molecule has 0 radical (unpaired) electrons. The van der Waals surface area contributed by atoms with Crippen LogP contribution in [0.25, 0.3) is 0 Å². The molecule has 1 aliphatic rings. The maximum absolute atomic E-state index is 13.0. The van der Waals surface area contributed by atoms with Crippen molar-refractivity contribution in [1.82, 2.24) is 5.32 Å². The first-order valence-corrected chi connectivity index (χ1v) is 10.2. The molecular weight excluding hydrogens is 370 g/mol. The summed E-state index contributed by atoms with van der Waals surface area (Å²) in [6.07, 6.45) is 0.535. The summed E-state index contributed by atoms with van der Waals surface area (Å²) in [7, 11) is 0. The van der Waals surface area contributed by atoms with E-state index in [1.54, 1.807) is 23.5 Å².